The topological polar surface area (TPSA) is 67.6 Å². The number of aromatic nitrogens is 1. The van der Waals surface area contributed by atoms with Crippen LogP contribution in [0.15, 0.2) is 40.9 Å². The first-order valence-electron chi connectivity index (χ1n) is 7.39. The monoisotopic (exact) mass is 301 g/mol. The Morgan fingerprint density at radius 3 is 2.73 bits per heavy atom. The largest absolute Gasteiger partial charge is 0.378 e. The zero-order valence-electron chi connectivity index (χ0n) is 12.5. The third-order valence-electron chi connectivity index (χ3n) is 3.70. The average Bonchev–Trinajstić information content (AvgIpc) is 3.06. The van der Waals surface area contributed by atoms with Gasteiger partial charge in [0.05, 0.1) is 19.3 Å². The normalized spacial score (nSPS) is 16.3. The van der Waals surface area contributed by atoms with E-state index in [-0.39, 0.29) is 11.9 Å². The van der Waals surface area contributed by atoms with E-state index in [4.69, 9.17) is 9.26 Å². The summed E-state index contributed by atoms with van der Waals surface area (Å²) in [6.07, 6.45) is 0. The third-order valence-corrected chi connectivity index (χ3v) is 3.70. The highest BCUT2D eigenvalue weighted by molar-refractivity contribution is 5.93. The Labute approximate surface area is 129 Å². The van der Waals surface area contributed by atoms with Crippen molar-refractivity contribution in [3.63, 3.8) is 0 Å². The van der Waals surface area contributed by atoms with Crippen LogP contribution in [0.4, 0.5) is 5.88 Å². The summed E-state index contributed by atoms with van der Waals surface area (Å²) >= 11 is 0. The molecule has 1 atom stereocenters. The van der Waals surface area contributed by atoms with Gasteiger partial charge in [-0.15, -0.1) is 0 Å². The second kappa shape index (κ2) is 6.62. The molecule has 1 N–H and O–H groups in total. The van der Waals surface area contributed by atoms with Crippen molar-refractivity contribution in [3.05, 3.63) is 47.7 Å². The summed E-state index contributed by atoms with van der Waals surface area (Å²) in [6, 6.07) is 11.4. The van der Waals surface area contributed by atoms with Gasteiger partial charge in [0.25, 0.3) is 5.91 Å². The van der Waals surface area contributed by atoms with E-state index in [0.29, 0.717) is 24.8 Å². The molecule has 6 heteroatoms. The number of carbonyl (C=O) groups excluding carboxylic acids is 1. The van der Waals surface area contributed by atoms with Crippen LogP contribution in [0, 0.1) is 0 Å². The summed E-state index contributed by atoms with van der Waals surface area (Å²) in [6.45, 7) is 4.75. The molecule has 1 aliphatic rings. The lowest BCUT2D eigenvalue weighted by Gasteiger charge is -2.25. The Morgan fingerprint density at radius 2 is 2.00 bits per heavy atom. The van der Waals surface area contributed by atoms with Gasteiger partial charge in [-0.3, -0.25) is 4.79 Å². The van der Waals surface area contributed by atoms with Gasteiger partial charge in [-0.05, 0) is 12.5 Å². The predicted octanol–water partition coefficient (Wildman–Crippen LogP) is 2.00. The van der Waals surface area contributed by atoms with E-state index in [1.807, 2.05) is 42.2 Å². The standard InChI is InChI=1S/C16H19N3O3/c1-12(13-5-3-2-4-6-13)17-16(20)14-11-15(22-18-14)19-7-9-21-10-8-19/h2-6,11-12H,7-10H2,1H3,(H,17,20)/t12-/m1/s1. The first-order chi connectivity index (χ1) is 10.7. The van der Waals surface area contributed by atoms with Gasteiger partial charge in [0.15, 0.2) is 5.69 Å². The number of ether oxygens (including phenoxy) is 1. The number of anilines is 1. The van der Waals surface area contributed by atoms with Gasteiger partial charge in [-0.2, -0.15) is 0 Å². The molecule has 3 rings (SSSR count). The summed E-state index contributed by atoms with van der Waals surface area (Å²) in [4.78, 5) is 14.3. The first-order valence-corrected chi connectivity index (χ1v) is 7.39. The van der Waals surface area contributed by atoms with Crippen molar-refractivity contribution in [1.29, 1.82) is 0 Å². The van der Waals surface area contributed by atoms with Crippen LogP contribution in [0.5, 0.6) is 0 Å². The van der Waals surface area contributed by atoms with Gasteiger partial charge in [0.2, 0.25) is 5.88 Å². The van der Waals surface area contributed by atoms with E-state index in [1.54, 1.807) is 6.07 Å². The van der Waals surface area contributed by atoms with Gasteiger partial charge < -0.3 is 19.5 Å². The maximum absolute atomic E-state index is 12.2. The number of nitrogens with zero attached hydrogens (tertiary/aromatic N) is 2. The molecule has 1 aliphatic heterocycles. The lowest BCUT2D eigenvalue weighted by atomic mass is 10.1. The lowest BCUT2D eigenvalue weighted by molar-refractivity contribution is 0.0930. The Kier molecular flexibility index (Phi) is 4.39. The Balaban J connectivity index is 1.64. The molecule has 0 unspecified atom stereocenters. The van der Waals surface area contributed by atoms with Crippen LogP contribution in [0.3, 0.4) is 0 Å². The molecule has 1 fully saturated rings. The maximum atomic E-state index is 12.2. The maximum Gasteiger partial charge on any atom is 0.274 e. The molecule has 1 aromatic heterocycles. The molecule has 22 heavy (non-hydrogen) atoms. The fraction of sp³-hybridized carbons (Fsp3) is 0.375. The van der Waals surface area contributed by atoms with Crippen molar-refractivity contribution < 1.29 is 14.1 Å². The first kappa shape index (κ1) is 14.6. The van der Waals surface area contributed by atoms with Crippen molar-refractivity contribution in [2.24, 2.45) is 0 Å². The number of morpholine rings is 1. The molecule has 1 saturated heterocycles. The fourth-order valence-corrected chi connectivity index (χ4v) is 2.40. The van der Waals surface area contributed by atoms with Crippen LogP contribution in [0.1, 0.15) is 29.0 Å². The van der Waals surface area contributed by atoms with Gasteiger partial charge in [0.1, 0.15) is 0 Å². The van der Waals surface area contributed by atoms with Crippen LogP contribution < -0.4 is 10.2 Å². The van der Waals surface area contributed by atoms with Crippen molar-refractivity contribution in [1.82, 2.24) is 10.5 Å². The Bertz CT molecular complexity index is 621. The zero-order valence-corrected chi connectivity index (χ0v) is 12.5. The summed E-state index contributed by atoms with van der Waals surface area (Å²) in [5.74, 6) is 0.375. The molecule has 0 bridgehead atoms. The number of benzene rings is 1. The van der Waals surface area contributed by atoms with Crippen molar-refractivity contribution in [2.75, 3.05) is 31.2 Å². The summed E-state index contributed by atoms with van der Waals surface area (Å²) in [5, 5.41) is 6.79. The van der Waals surface area contributed by atoms with E-state index in [0.717, 1.165) is 18.7 Å². The van der Waals surface area contributed by atoms with Crippen molar-refractivity contribution >= 4 is 11.8 Å². The Hall–Kier alpha value is -2.34. The lowest BCUT2D eigenvalue weighted by Crippen LogP contribution is -2.35. The molecule has 0 saturated carbocycles. The number of rotatable bonds is 4. The number of amides is 1. The fourth-order valence-electron chi connectivity index (χ4n) is 2.40. The van der Waals surface area contributed by atoms with Crippen LogP contribution in [-0.4, -0.2) is 37.4 Å². The summed E-state index contributed by atoms with van der Waals surface area (Å²) in [7, 11) is 0. The minimum atomic E-state index is -0.236. The predicted molar refractivity (Wildman–Crippen MR) is 81.9 cm³/mol. The highest BCUT2D eigenvalue weighted by Gasteiger charge is 2.20. The summed E-state index contributed by atoms with van der Waals surface area (Å²) in [5.41, 5.74) is 1.34. The van der Waals surface area contributed by atoms with Crippen molar-refractivity contribution in [3.8, 4) is 0 Å². The smallest absolute Gasteiger partial charge is 0.274 e. The third kappa shape index (κ3) is 3.28. The minimum absolute atomic E-state index is 0.0859. The second-order valence-electron chi connectivity index (χ2n) is 5.26. The van der Waals surface area contributed by atoms with Crippen LogP contribution in [-0.2, 0) is 4.74 Å². The van der Waals surface area contributed by atoms with Crippen LogP contribution >= 0.6 is 0 Å². The van der Waals surface area contributed by atoms with Crippen LogP contribution in [0.2, 0.25) is 0 Å². The minimum Gasteiger partial charge on any atom is -0.378 e. The van der Waals surface area contributed by atoms with Crippen LogP contribution in [0.25, 0.3) is 0 Å². The molecule has 6 nitrogen and oxygen atoms in total. The van der Waals surface area contributed by atoms with Gasteiger partial charge in [0, 0.05) is 19.2 Å². The number of hydrogen-bond acceptors (Lipinski definition) is 5. The SMILES string of the molecule is C[C@@H](NC(=O)c1cc(N2CCOCC2)on1)c1ccccc1. The van der Waals surface area contributed by atoms with Gasteiger partial charge in [-0.25, -0.2) is 0 Å². The molecule has 116 valence electrons. The molecule has 1 aromatic carbocycles. The van der Waals surface area contributed by atoms with E-state index in [9.17, 15) is 4.79 Å². The molecule has 0 aliphatic carbocycles. The highest BCUT2D eigenvalue weighted by atomic mass is 16.5. The van der Waals surface area contributed by atoms with E-state index in [2.05, 4.69) is 10.5 Å². The number of nitrogens with one attached hydrogen (secondary N) is 1. The zero-order chi connectivity index (χ0) is 15.4. The molecule has 2 heterocycles. The molecule has 0 radical (unpaired) electrons. The molecular weight excluding hydrogens is 282 g/mol. The highest BCUT2D eigenvalue weighted by Crippen LogP contribution is 2.18. The average molecular weight is 301 g/mol. The van der Waals surface area contributed by atoms with E-state index in [1.165, 1.54) is 0 Å². The molecule has 2 aromatic rings. The summed E-state index contributed by atoms with van der Waals surface area (Å²) < 4.78 is 10.6. The van der Waals surface area contributed by atoms with E-state index >= 15 is 0 Å². The number of hydrogen-bond donors (Lipinski definition) is 1. The van der Waals surface area contributed by atoms with Crippen molar-refractivity contribution in [2.45, 2.75) is 13.0 Å². The molecule has 0 spiro atoms. The van der Waals surface area contributed by atoms with E-state index < -0.39 is 0 Å². The second-order valence-corrected chi connectivity index (χ2v) is 5.26. The number of carbonyl (C=O) groups is 1. The Morgan fingerprint density at radius 1 is 1.27 bits per heavy atom. The van der Waals surface area contributed by atoms with Gasteiger partial charge in [-0.1, -0.05) is 35.5 Å². The molecular formula is C16H19N3O3. The quantitative estimate of drug-likeness (QED) is 0.935. The van der Waals surface area contributed by atoms with Gasteiger partial charge >= 0.3 is 0 Å². The molecule has 1 amide bonds.